The maximum Gasteiger partial charge on any atom is 0.0385 e. The largest absolute Gasteiger partial charge is 0.298 e. The molecule has 0 rings (SSSR count). The summed E-state index contributed by atoms with van der Waals surface area (Å²) in [6.45, 7) is 7.57. The van der Waals surface area contributed by atoms with Gasteiger partial charge < -0.3 is 0 Å². The highest BCUT2D eigenvalue weighted by Gasteiger charge is 1.92. The molecule has 0 aromatic rings. The Balaban J connectivity index is 2.91. The zero-order chi connectivity index (χ0) is 8.53. The minimum Gasteiger partial charge on any atom is -0.298 e. The Morgan fingerprint density at radius 1 is 1.18 bits per heavy atom. The zero-order valence-electron chi connectivity index (χ0n) is 8.14. The van der Waals surface area contributed by atoms with Crippen LogP contribution in [0.1, 0.15) is 46.5 Å². The van der Waals surface area contributed by atoms with Gasteiger partial charge in [-0.15, -0.1) is 0 Å². The summed E-state index contributed by atoms with van der Waals surface area (Å²) in [5, 5.41) is 0. The highest BCUT2D eigenvalue weighted by atomic mass is 14.7. The summed E-state index contributed by atoms with van der Waals surface area (Å²) in [5.74, 6) is 0.865. The fourth-order valence-corrected chi connectivity index (χ4v) is 1.06. The summed E-state index contributed by atoms with van der Waals surface area (Å²) in [4.78, 5) is 4.16. The molecule has 0 saturated heterocycles. The molecule has 0 aliphatic heterocycles. The van der Waals surface area contributed by atoms with Crippen LogP contribution < -0.4 is 0 Å². The molecule has 0 saturated carbocycles. The van der Waals surface area contributed by atoms with Crippen molar-refractivity contribution in [3.8, 4) is 0 Å². The number of unbranched alkanes of at least 4 members (excludes halogenated alkanes) is 2. The first-order valence-corrected chi connectivity index (χ1v) is 4.71. The quantitative estimate of drug-likeness (QED) is 0.412. The average molecular weight is 155 g/mol. The smallest absolute Gasteiger partial charge is 0.0385 e. The van der Waals surface area contributed by atoms with E-state index in [4.69, 9.17) is 0 Å². The summed E-state index contributed by atoms with van der Waals surface area (Å²) in [6, 6.07) is 0. The molecule has 0 unspecified atom stereocenters. The third-order valence-corrected chi connectivity index (χ3v) is 1.75. The van der Waals surface area contributed by atoms with E-state index in [1.165, 1.54) is 25.7 Å². The van der Waals surface area contributed by atoms with Gasteiger partial charge in [-0.1, -0.05) is 33.1 Å². The molecule has 0 heterocycles. The first-order valence-electron chi connectivity index (χ1n) is 4.71. The van der Waals surface area contributed by atoms with Gasteiger partial charge in [-0.25, -0.2) is 0 Å². The summed E-state index contributed by atoms with van der Waals surface area (Å²) < 4.78 is 0. The molecule has 0 amide bonds. The maximum absolute atomic E-state index is 4.16. The van der Waals surface area contributed by atoms with Crippen molar-refractivity contribution in [2.75, 3.05) is 6.54 Å². The van der Waals surface area contributed by atoms with E-state index in [-0.39, 0.29) is 0 Å². The minimum atomic E-state index is 0.865. The van der Waals surface area contributed by atoms with Crippen LogP contribution in [0.4, 0.5) is 0 Å². The van der Waals surface area contributed by atoms with E-state index in [1.54, 1.807) is 0 Å². The van der Waals surface area contributed by atoms with Gasteiger partial charge in [0.05, 0.1) is 0 Å². The van der Waals surface area contributed by atoms with E-state index in [9.17, 15) is 0 Å². The molecule has 0 radical (unpaired) electrons. The van der Waals surface area contributed by atoms with Crippen molar-refractivity contribution in [2.24, 2.45) is 10.9 Å². The van der Waals surface area contributed by atoms with Crippen molar-refractivity contribution in [1.29, 1.82) is 0 Å². The number of hydrogen-bond donors (Lipinski definition) is 0. The van der Waals surface area contributed by atoms with Crippen molar-refractivity contribution in [2.45, 2.75) is 46.5 Å². The Labute approximate surface area is 70.9 Å². The van der Waals surface area contributed by atoms with Gasteiger partial charge in [0.15, 0.2) is 0 Å². The molecule has 66 valence electrons. The highest BCUT2D eigenvalue weighted by molar-refractivity contribution is 5.53. The molecule has 0 spiro atoms. The van der Waals surface area contributed by atoms with Crippen LogP contribution in [0.3, 0.4) is 0 Å². The number of aliphatic imine (C=N–C) groups is 1. The van der Waals surface area contributed by atoms with Gasteiger partial charge in [0.1, 0.15) is 0 Å². The third-order valence-electron chi connectivity index (χ3n) is 1.75. The maximum atomic E-state index is 4.16. The highest BCUT2D eigenvalue weighted by Crippen LogP contribution is 2.07. The second-order valence-electron chi connectivity index (χ2n) is 3.41. The van der Waals surface area contributed by atoms with Crippen LogP contribution in [-0.4, -0.2) is 12.8 Å². The van der Waals surface area contributed by atoms with Gasteiger partial charge in [0.25, 0.3) is 0 Å². The lowest BCUT2D eigenvalue weighted by Gasteiger charge is -2.02. The van der Waals surface area contributed by atoms with Gasteiger partial charge in [0, 0.05) is 6.54 Å². The van der Waals surface area contributed by atoms with Gasteiger partial charge in [-0.3, -0.25) is 4.99 Å². The van der Waals surface area contributed by atoms with Crippen molar-refractivity contribution in [3.05, 3.63) is 0 Å². The van der Waals surface area contributed by atoms with Crippen LogP contribution in [0.15, 0.2) is 4.99 Å². The average Bonchev–Trinajstić information content (AvgIpc) is 1.96. The van der Waals surface area contributed by atoms with Crippen molar-refractivity contribution in [1.82, 2.24) is 0 Å². The lowest BCUT2D eigenvalue weighted by atomic mass is 10.1. The molecule has 0 N–H and O–H groups in total. The molecule has 0 atom stereocenters. The first kappa shape index (κ1) is 10.7. The fraction of sp³-hybridized carbons (Fsp3) is 0.900. The van der Waals surface area contributed by atoms with E-state index >= 15 is 0 Å². The van der Waals surface area contributed by atoms with E-state index in [1.807, 2.05) is 13.1 Å². The Morgan fingerprint density at radius 2 is 1.91 bits per heavy atom. The molecule has 0 aromatic carbocycles. The Bertz CT molecular complexity index is 95.0. The predicted octanol–water partition coefficient (Wildman–Crippen LogP) is 3.29. The van der Waals surface area contributed by atoms with Crippen molar-refractivity contribution in [3.63, 3.8) is 0 Å². The van der Waals surface area contributed by atoms with Gasteiger partial charge in [0.2, 0.25) is 0 Å². The summed E-state index contributed by atoms with van der Waals surface area (Å²) in [7, 11) is 0. The standard InChI is InChI=1S/C10H21N/c1-4-11-9-7-5-6-8-10(2)3/h4,10H,5-9H2,1-3H3. The molecular weight excluding hydrogens is 134 g/mol. The Kier molecular flexibility index (Phi) is 7.54. The van der Waals surface area contributed by atoms with Crippen molar-refractivity contribution < 1.29 is 0 Å². The third kappa shape index (κ3) is 9.67. The summed E-state index contributed by atoms with van der Waals surface area (Å²) in [5.41, 5.74) is 0. The van der Waals surface area contributed by atoms with Crippen LogP contribution in [0.2, 0.25) is 0 Å². The monoisotopic (exact) mass is 155 g/mol. The van der Waals surface area contributed by atoms with Crippen LogP contribution in [0.5, 0.6) is 0 Å². The Hall–Kier alpha value is -0.330. The molecule has 0 fully saturated rings. The second-order valence-corrected chi connectivity index (χ2v) is 3.41. The molecular formula is C10H21N. The minimum absolute atomic E-state index is 0.865. The van der Waals surface area contributed by atoms with Crippen molar-refractivity contribution >= 4 is 6.21 Å². The van der Waals surface area contributed by atoms with Crippen LogP contribution in [0.25, 0.3) is 0 Å². The number of nitrogens with zero attached hydrogens (tertiary/aromatic N) is 1. The van der Waals surface area contributed by atoms with Gasteiger partial charge in [-0.2, -0.15) is 0 Å². The lowest BCUT2D eigenvalue weighted by molar-refractivity contribution is 0.529. The Morgan fingerprint density at radius 3 is 2.45 bits per heavy atom. The normalized spacial score (nSPS) is 11.6. The first-order chi connectivity index (χ1) is 5.27. The number of hydrogen-bond acceptors (Lipinski definition) is 1. The van der Waals surface area contributed by atoms with E-state index in [2.05, 4.69) is 18.8 Å². The topological polar surface area (TPSA) is 12.4 Å². The summed E-state index contributed by atoms with van der Waals surface area (Å²) in [6.07, 6.45) is 7.24. The molecule has 0 aromatic heterocycles. The predicted molar refractivity (Wildman–Crippen MR) is 52.3 cm³/mol. The molecule has 1 nitrogen and oxygen atoms in total. The second kappa shape index (κ2) is 7.77. The number of rotatable bonds is 6. The van der Waals surface area contributed by atoms with Crippen LogP contribution >= 0.6 is 0 Å². The molecule has 1 heteroatoms. The van der Waals surface area contributed by atoms with Gasteiger partial charge >= 0.3 is 0 Å². The van der Waals surface area contributed by atoms with Gasteiger partial charge in [-0.05, 0) is 25.5 Å². The van der Waals surface area contributed by atoms with E-state index < -0.39 is 0 Å². The molecule has 0 bridgehead atoms. The zero-order valence-corrected chi connectivity index (χ0v) is 8.14. The lowest BCUT2D eigenvalue weighted by Crippen LogP contribution is -1.88. The summed E-state index contributed by atoms with van der Waals surface area (Å²) >= 11 is 0. The molecule has 0 aliphatic carbocycles. The van der Waals surface area contributed by atoms with E-state index in [0.717, 1.165) is 12.5 Å². The molecule has 0 aliphatic rings. The molecule has 11 heavy (non-hydrogen) atoms. The van der Waals surface area contributed by atoms with Crippen LogP contribution in [0, 0.1) is 5.92 Å². The van der Waals surface area contributed by atoms with E-state index in [0.29, 0.717) is 0 Å². The fourth-order valence-electron chi connectivity index (χ4n) is 1.06. The van der Waals surface area contributed by atoms with Crippen LogP contribution in [-0.2, 0) is 0 Å². The SMILES string of the molecule is CC=NCCCCCC(C)C.